The number of fused-ring (bicyclic) bond motifs is 3. The van der Waals surface area contributed by atoms with Crippen molar-refractivity contribution in [1.29, 1.82) is 0 Å². The Kier molecular flexibility index (Phi) is 0.878. The Morgan fingerprint density at radius 3 is 3.18 bits per heavy atom. The highest BCUT2D eigenvalue weighted by molar-refractivity contribution is 5.44. The van der Waals surface area contributed by atoms with Crippen molar-refractivity contribution >= 4 is 0 Å². The Balaban J connectivity index is 2.25. The Hall–Kier alpha value is -0.820. The van der Waals surface area contributed by atoms with Crippen LogP contribution < -0.4 is 0 Å². The van der Waals surface area contributed by atoms with Crippen LogP contribution >= 0.6 is 0 Å². The average molecular weight is 146 g/mol. The van der Waals surface area contributed by atoms with Crippen molar-refractivity contribution in [1.82, 2.24) is 0 Å². The molecule has 0 aromatic heterocycles. The molecule has 0 unspecified atom stereocenters. The number of benzene rings is 1. The van der Waals surface area contributed by atoms with Gasteiger partial charge in [0.2, 0.25) is 0 Å². The molecule has 3 rings (SSSR count). The van der Waals surface area contributed by atoms with E-state index < -0.39 is 0 Å². The molecule has 0 N–H and O–H groups in total. The lowest BCUT2D eigenvalue weighted by Gasteiger charge is -2.04. The molecule has 0 saturated carbocycles. The lowest BCUT2D eigenvalue weighted by atomic mass is 10.0. The van der Waals surface area contributed by atoms with Gasteiger partial charge < -0.3 is 4.74 Å². The first-order valence-corrected chi connectivity index (χ1v) is 4.10. The Morgan fingerprint density at radius 1 is 1.45 bits per heavy atom. The molecule has 1 aromatic carbocycles. The molecule has 0 amide bonds. The van der Waals surface area contributed by atoms with Gasteiger partial charge in [-0.2, -0.15) is 0 Å². The van der Waals surface area contributed by atoms with Crippen LogP contribution in [-0.4, -0.2) is 6.10 Å². The minimum atomic E-state index is 0.464. The molecule has 1 saturated heterocycles. The van der Waals surface area contributed by atoms with Crippen molar-refractivity contribution in [3.8, 4) is 0 Å². The van der Waals surface area contributed by atoms with Crippen molar-refractivity contribution < 1.29 is 4.74 Å². The summed E-state index contributed by atoms with van der Waals surface area (Å²) in [6.45, 7) is 2.17. The molecular formula is C10H10O. The van der Waals surface area contributed by atoms with Gasteiger partial charge in [-0.05, 0) is 23.6 Å². The van der Waals surface area contributed by atoms with E-state index in [0.717, 1.165) is 6.42 Å². The van der Waals surface area contributed by atoms with E-state index in [-0.39, 0.29) is 0 Å². The van der Waals surface area contributed by atoms with Gasteiger partial charge in [0.25, 0.3) is 0 Å². The molecule has 2 atom stereocenters. The first-order valence-electron chi connectivity index (χ1n) is 4.10. The van der Waals surface area contributed by atoms with Gasteiger partial charge >= 0.3 is 0 Å². The molecule has 1 aliphatic carbocycles. The van der Waals surface area contributed by atoms with Crippen LogP contribution in [0.15, 0.2) is 18.2 Å². The number of aryl methyl sites for hydroxylation is 1. The van der Waals surface area contributed by atoms with Gasteiger partial charge in [0.15, 0.2) is 0 Å². The molecule has 56 valence electrons. The van der Waals surface area contributed by atoms with E-state index >= 15 is 0 Å². The highest BCUT2D eigenvalue weighted by atomic mass is 16.6. The van der Waals surface area contributed by atoms with E-state index in [1.54, 1.807) is 0 Å². The maximum atomic E-state index is 5.46. The van der Waals surface area contributed by atoms with E-state index in [4.69, 9.17) is 4.74 Å². The van der Waals surface area contributed by atoms with Gasteiger partial charge in [-0.3, -0.25) is 0 Å². The molecule has 1 fully saturated rings. The van der Waals surface area contributed by atoms with Crippen LogP contribution in [0.2, 0.25) is 0 Å². The summed E-state index contributed by atoms with van der Waals surface area (Å²) in [6.07, 6.45) is 2.14. The normalized spacial score (nSPS) is 31.4. The van der Waals surface area contributed by atoms with E-state index in [0.29, 0.717) is 12.2 Å². The Bertz CT molecular complexity index is 317. The summed E-state index contributed by atoms with van der Waals surface area (Å²) < 4.78 is 5.46. The number of hydrogen-bond acceptors (Lipinski definition) is 1. The minimum Gasteiger partial charge on any atom is -0.364 e. The lowest BCUT2D eigenvalue weighted by molar-refractivity contribution is 0.360. The monoisotopic (exact) mass is 146 g/mol. The molecule has 11 heavy (non-hydrogen) atoms. The third-order valence-electron chi connectivity index (χ3n) is 2.70. The molecule has 0 radical (unpaired) electrons. The van der Waals surface area contributed by atoms with Crippen LogP contribution in [0.4, 0.5) is 0 Å². The van der Waals surface area contributed by atoms with E-state index in [1.165, 1.54) is 16.7 Å². The second-order valence-corrected chi connectivity index (χ2v) is 3.45. The molecule has 0 spiro atoms. The van der Waals surface area contributed by atoms with Gasteiger partial charge in [0.05, 0.1) is 6.10 Å². The van der Waals surface area contributed by atoms with E-state index in [2.05, 4.69) is 25.1 Å². The zero-order valence-electron chi connectivity index (χ0n) is 6.50. The summed E-state index contributed by atoms with van der Waals surface area (Å²) in [5.74, 6) is 0. The number of epoxide rings is 1. The highest BCUT2D eigenvalue weighted by Crippen LogP contribution is 2.49. The van der Waals surface area contributed by atoms with Crippen molar-refractivity contribution in [2.45, 2.75) is 25.6 Å². The predicted molar refractivity (Wildman–Crippen MR) is 42.5 cm³/mol. The third-order valence-corrected chi connectivity index (χ3v) is 2.70. The van der Waals surface area contributed by atoms with Crippen LogP contribution in [0, 0.1) is 6.92 Å². The molecule has 1 aromatic rings. The van der Waals surface area contributed by atoms with Crippen molar-refractivity contribution in [3.05, 3.63) is 34.9 Å². The summed E-state index contributed by atoms with van der Waals surface area (Å²) >= 11 is 0. The highest BCUT2D eigenvalue weighted by Gasteiger charge is 2.47. The Morgan fingerprint density at radius 2 is 2.36 bits per heavy atom. The van der Waals surface area contributed by atoms with Gasteiger partial charge in [-0.1, -0.05) is 18.2 Å². The van der Waals surface area contributed by atoms with E-state index in [1.807, 2.05) is 0 Å². The maximum Gasteiger partial charge on any atom is 0.110 e. The molecule has 1 heteroatoms. The molecule has 1 heterocycles. The quantitative estimate of drug-likeness (QED) is 0.510. The maximum absolute atomic E-state index is 5.46. The van der Waals surface area contributed by atoms with Gasteiger partial charge in [0, 0.05) is 6.42 Å². The molecule has 1 aliphatic heterocycles. The molecule has 2 aliphatic rings. The zero-order valence-corrected chi connectivity index (χ0v) is 6.50. The van der Waals surface area contributed by atoms with Crippen molar-refractivity contribution in [2.75, 3.05) is 0 Å². The van der Waals surface area contributed by atoms with Crippen LogP contribution in [-0.2, 0) is 11.2 Å². The van der Waals surface area contributed by atoms with Crippen LogP contribution in [0.3, 0.4) is 0 Å². The molecular weight excluding hydrogens is 136 g/mol. The average Bonchev–Trinajstić information content (AvgIpc) is 2.62. The largest absolute Gasteiger partial charge is 0.364 e. The SMILES string of the molecule is Cc1cccc2c1[C@H]1O[C@@H]1C2. The van der Waals surface area contributed by atoms with Crippen LogP contribution in [0.5, 0.6) is 0 Å². The van der Waals surface area contributed by atoms with Crippen LogP contribution in [0.25, 0.3) is 0 Å². The fourth-order valence-electron chi connectivity index (χ4n) is 2.10. The second kappa shape index (κ2) is 1.67. The number of rotatable bonds is 0. The van der Waals surface area contributed by atoms with Crippen LogP contribution in [0.1, 0.15) is 22.8 Å². The second-order valence-electron chi connectivity index (χ2n) is 3.45. The lowest BCUT2D eigenvalue weighted by Crippen LogP contribution is -1.90. The summed E-state index contributed by atoms with van der Waals surface area (Å²) in [5.41, 5.74) is 4.37. The summed E-state index contributed by atoms with van der Waals surface area (Å²) in [7, 11) is 0. The van der Waals surface area contributed by atoms with Crippen molar-refractivity contribution in [2.24, 2.45) is 0 Å². The predicted octanol–water partition coefficient (Wildman–Crippen LogP) is 1.99. The fourth-order valence-corrected chi connectivity index (χ4v) is 2.10. The van der Waals surface area contributed by atoms with Gasteiger partial charge in [0.1, 0.15) is 6.10 Å². The summed E-state index contributed by atoms with van der Waals surface area (Å²) in [4.78, 5) is 0. The first-order chi connectivity index (χ1) is 5.36. The molecule has 0 bridgehead atoms. The fraction of sp³-hybridized carbons (Fsp3) is 0.400. The zero-order chi connectivity index (χ0) is 7.42. The van der Waals surface area contributed by atoms with Gasteiger partial charge in [-0.25, -0.2) is 0 Å². The Labute approximate surface area is 66.0 Å². The summed E-state index contributed by atoms with van der Waals surface area (Å²) in [6, 6.07) is 6.53. The third kappa shape index (κ3) is 0.641. The van der Waals surface area contributed by atoms with Gasteiger partial charge in [-0.15, -0.1) is 0 Å². The standard InChI is InChI=1S/C10H10O/c1-6-3-2-4-7-5-8-10(11-8)9(6)7/h2-4,8,10H,5H2,1H3/t8-,10+/m1/s1. The van der Waals surface area contributed by atoms with E-state index in [9.17, 15) is 0 Å². The molecule has 1 nitrogen and oxygen atoms in total. The first kappa shape index (κ1) is 5.78. The number of hydrogen-bond donors (Lipinski definition) is 0. The number of ether oxygens (including phenoxy) is 1. The smallest absolute Gasteiger partial charge is 0.110 e. The summed E-state index contributed by atoms with van der Waals surface area (Å²) in [5, 5.41) is 0. The topological polar surface area (TPSA) is 12.5 Å². The minimum absolute atomic E-state index is 0.464. The van der Waals surface area contributed by atoms with Crippen molar-refractivity contribution in [3.63, 3.8) is 0 Å².